The highest BCUT2D eigenvalue weighted by atomic mass is 32.2. The largest absolute Gasteiger partial charge is 0.294 e. The molecule has 33 heavy (non-hydrogen) atoms. The maximum atomic E-state index is 13.9. The zero-order valence-corrected chi connectivity index (χ0v) is 19.0. The van der Waals surface area contributed by atoms with E-state index in [1.807, 2.05) is 91.0 Å². The van der Waals surface area contributed by atoms with Crippen molar-refractivity contribution in [2.24, 2.45) is 5.92 Å². The average Bonchev–Trinajstić information content (AvgIpc) is 3.18. The van der Waals surface area contributed by atoms with Crippen LogP contribution in [0.4, 0.5) is 0 Å². The number of ketones is 2. The second-order valence-corrected chi connectivity index (χ2v) is 9.55. The van der Waals surface area contributed by atoms with Crippen molar-refractivity contribution in [2.45, 2.75) is 22.5 Å². The molecule has 0 N–H and O–H groups in total. The summed E-state index contributed by atoms with van der Waals surface area (Å²) in [7, 11) is 0. The second kappa shape index (κ2) is 9.60. The van der Waals surface area contributed by atoms with Gasteiger partial charge in [-0.2, -0.15) is 0 Å². The molecular weight excluding hydrogens is 424 g/mol. The lowest BCUT2D eigenvalue weighted by Gasteiger charge is -2.24. The van der Waals surface area contributed by atoms with Gasteiger partial charge in [0, 0.05) is 39.5 Å². The number of thioether (sulfide) groups is 1. The van der Waals surface area contributed by atoms with Crippen molar-refractivity contribution < 1.29 is 9.59 Å². The van der Waals surface area contributed by atoms with Gasteiger partial charge in [-0.15, -0.1) is 11.8 Å². The zero-order valence-electron chi connectivity index (χ0n) is 18.1. The monoisotopic (exact) mass is 448 g/mol. The van der Waals surface area contributed by atoms with Crippen LogP contribution < -0.4 is 0 Å². The first-order valence-electron chi connectivity index (χ1n) is 11.2. The summed E-state index contributed by atoms with van der Waals surface area (Å²) in [6.45, 7) is 0. The van der Waals surface area contributed by atoms with Crippen molar-refractivity contribution in [2.75, 3.05) is 0 Å². The number of carbonyl (C=O) groups is 2. The summed E-state index contributed by atoms with van der Waals surface area (Å²) < 4.78 is 0. The Kier molecular flexibility index (Phi) is 6.23. The van der Waals surface area contributed by atoms with Crippen LogP contribution >= 0.6 is 11.8 Å². The lowest BCUT2D eigenvalue weighted by molar-refractivity contribution is 0.0884. The van der Waals surface area contributed by atoms with Gasteiger partial charge in [-0.3, -0.25) is 9.59 Å². The van der Waals surface area contributed by atoms with Gasteiger partial charge < -0.3 is 0 Å². The molecule has 0 unspecified atom stereocenters. The molecule has 1 aliphatic rings. The first-order valence-corrected chi connectivity index (χ1v) is 12.1. The molecule has 0 aliphatic heterocycles. The predicted molar refractivity (Wildman–Crippen MR) is 134 cm³/mol. The van der Waals surface area contributed by atoms with E-state index < -0.39 is 0 Å². The van der Waals surface area contributed by atoms with Crippen molar-refractivity contribution in [3.8, 4) is 0 Å². The van der Waals surface area contributed by atoms with E-state index in [0.29, 0.717) is 17.5 Å². The molecular formula is C30H24O2S. The fourth-order valence-electron chi connectivity index (χ4n) is 4.78. The van der Waals surface area contributed by atoms with Gasteiger partial charge in [-0.25, -0.2) is 0 Å². The molecule has 162 valence electrons. The van der Waals surface area contributed by atoms with Gasteiger partial charge in [0.2, 0.25) is 0 Å². The van der Waals surface area contributed by atoms with Gasteiger partial charge in [0.1, 0.15) is 0 Å². The van der Waals surface area contributed by atoms with Crippen LogP contribution in [0.15, 0.2) is 120 Å². The van der Waals surface area contributed by atoms with E-state index in [-0.39, 0.29) is 28.7 Å². The minimum Gasteiger partial charge on any atom is -0.294 e. The van der Waals surface area contributed by atoms with Crippen LogP contribution in [0.1, 0.15) is 49.4 Å². The van der Waals surface area contributed by atoms with E-state index in [1.54, 1.807) is 11.8 Å². The van der Waals surface area contributed by atoms with E-state index in [9.17, 15) is 9.59 Å². The maximum Gasteiger partial charge on any atom is 0.168 e. The summed E-state index contributed by atoms with van der Waals surface area (Å²) in [4.78, 5) is 28.3. The summed E-state index contributed by atoms with van der Waals surface area (Å²) in [5, 5.41) is -0.0510. The number of hydrogen-bond donors (Lipinski definition) is 0. The van der Waals surface area contributed by atoms with Crippen LogP contribution in [-0.2, 0) is 0 Å². The van der Waals surface area contributed by atoms with Crippen molar-refractivity contribution in [3.05, 3.63) is 138 Å². The number of Topliss-reactive ketones (excluding diaryl/α,β-unsaturated/α-hetero) is 2. The molecule has 0 heterocycles. The lowest BCUT2D eigenvalue weighted by Crippen LogP contribution is -2.24. The van der Waals surface area contributed by atoms with Gasteiger partial charge in [0.25, 0.3) is 0 Å². The van der Waals surface area contributed by atoms with Crippen LogP contribution in [0.5, 0.6) is 0 Å². The highest BCUT2D eigenvalue weighted by Gasteiger charge is 2.46. The Morgan fingerprint density at radius 3 is 1.76 bits per heavy atom. The molecule has 0 amide bonds. The third-order valence-electron chi connectivity index (χ3n) is 6.33. The third kappa shape index (κ3) is 4.42. The molecule has 5 rings (SSSR count). The molecule has 0 spiro atoms. The number of hydrogen-bond acceptors (Lipinski definition) is 3. The van der Waals surface area contributed by atoms with E-state index in [2.05, 4.69) is 24.3 Å². The molecule has 3 atom stereocenters. The van der Waals surface area contributed by atoms with E-state index >= 15 is 0 Å². The molecule has 2 nitrogen and oxygen atoms in total. The third-order valence-corrected chi connectivity index (χ3v) is 7.68. The van der Waals surface area contributed by atoms with Gasteiger partial charge in [0.15, 0.2) is 11.6 Å². The summed E-state index contributed by atoms with van der Waals surface area (Å²) in [6, 6.07) is 37.3. The molecule has 0 saturated carbocycles. The summed E-state index contributed by atoms with van der Waals surface area (Å²) in [6.07, 6.45) is 0.316. The quantitative estimate of drug-likeness (QED) is 0.276. The Balaban J connectivity index is 1.57. The summed E-state index contributed by atoms with van der Waals surface area (Å²) >= 11 is 1.72. The van der Waals surface area contributed by atoms with Crippen molar-refractivity contribution in [1.29, 1.82) is 0 Å². The molecule has 0 bridgehead atoms. The molecule has 1 aliphatic carbocycles. The highest BCUT2D eigenvalue weighted by Crippen LogP contribution is 2.56. The molecule has 0 saturated heterocycles. The van der Waals surface area contributed by atoms with Gasteiger partial charge >= 0.3 is 0 Å². The molecule has 0 fully saturated rings. The minimum absolute atomic E-state index is 0.0510. The Morgan fingerprint density at radius 1 is 0.606 bits per heavy atom. The lowest BCUT2D eigenvalue weighted by atomic mass is 9.82. The van der Waals surface area contributed by atoms with Crippen molar-refractivity contribution in [3.63, 3.8) is 0 Å². The smallest absolute Gasteiger partial charge is 0.168 e. The number of carbonyl (C=O) groups excluding carboxylic acids is 2. The van der Waals surface area contributed by atoms with E-state index in [1.165, 1.54) is 0 Å². The maximum absolute atomic E-state index is 13.9. The van der Waals surface area contributed by atoms with Crippen LogP contribution in [-0.4, -0.2) is 11.6 Å². The standard InChI is InChI=1S/C30H24O2S/c31-27(21-12-4-1-5-13-21)20-26-24-18-10-11-19-25(24)30(33-23-16-8-3-9-17-23)28(26)29(32)22-14-6-2-7-15-22/h1-19,26,28,30H,20H2/t26-,28-,30+/m1/s1. The summed E-state index contributed by atoms with van der Waals surface area (Å²) in [5.41, 5.74) is 3.67. The summed E-state index contributed by atoms with van der Waals surface area (Å²) in [5.74, 6) is -0.303. The predicted octanol–water partition coefficient (Wildman–Crippen LogP) is 7.39. The second-order valence-electron chi connectivity index (χ2n) is 8.34. The Morgan fingerprint density at radius 2 is 1.12 bits per heavy atom. The fraction of sp³-hybridized carbons (Fsp3) is 0.133. The molecule has 4 aromatic carbocycles. The van der Waals surface area contributed by atoms with E-state index in [0.717, 1.165) is 16.0 Å². The normalized spacial score (nSPS) is 19.1. The number of benzene rings is 4. The highest BCUT2D eigenvalue weighted by molar-refractivity contribution is 7.99. The van der Waals surface area contributed by atoms with Gasteiger partial charge in [0.05, 0.1) is 0 Å². The van der Waals surface area contributed by atoms with Gasteiger partial charge in [-0.1, -0.05) is 103 Å². The van der Waals surface area contributed by atoms with E-state index in [4.69, 9.17) is 0 Å². The molecule has 4 aromatic rings. The first-order chi connectivity index (χ1) is 16.2. The minimum atomic E-state index is -0.317. The molecule has 0 aromatic heterocycles. The first kappa shape index (κ1) is 21.4. The number of rotatable bonds is 7. The van der Waals surface area contributed by atoms with Crippen molar-refractivity contribution >= 4 is 23.3 Å². The van der Waals surface area contributed by atoms with Crippen LogP contribution in [0.3, 0.4) is 0 Å². The Hall–Kier alpha value is -3.43. The van der Waals surface area contributed by atoms with Crippen LogP contribution in [0.25, 0.3) is 0 Å². The van der Waals surface area contributed by atoms with Crippen LogP contribution in [0, 0.1) is 5.92 Å². The van der Waals surface area contributed by atoms with Crippen molar-refractivity contribution in [1.82, 2.24) is 0 Å². The SMILES string of the molecule is O=C(C[C@@H]1c2ccccc2[C@H](Sc2ccccc2)[C@H]1C(=O)c1ccccc1)c1ccccc1. The molecule has 3 heteroatoms. The van der Waals surface area contributed by atoms with Gasteiger partial charge in [-0.05, 0) is 23.3 Å². The average molecular weight is 449 g/mol. The Bertz CT molecular complexity index is 1250. The topological polar surface area (TPSA) is 34.1 Å². The number of fused-ring (bicyclic) bond motifs is 1. The molecule has 0 radical (unpaired) electrons. The Labute approximate surface area is 198 Å². The zero-order chi connectivity index (χ0) is 22.6. The van der Waals surface area contributed by atoms with Crippen LogP contribution in [0.2, 0.25) is 0 Å². The fourth-order valence-corrected chi connectivity index (χ4v) is 6.19.